The first-order valence-electron chi connectivity index (χ1n) is 11.7. The van der Waals surface area contributed by atoms with Crippen LogP contribution in [0.1, 0.15) is 58.2 Å². The molecule has 0 atom stereocenters. The van der Waals surface area contributed by atoms with Gasteiger partial charge in [-0.15, -0.1) is 0 Å². The SMILES string of the molecule is CC(C)=CCc1cc(-c2coc3c(CC=C(C)C)c(O)cc(O)c3c2=O)c(CC=C(C)C)cc1O. The van der Waals surface area contributed by atoms with Crippen LogP contribution in [0.4, 0.5) is 0 Å². The van der Waals surface area contributed by atoms with Crippen LogP contribution in [-0.2, 0) is 19.3 Å². The third-order valence-electron chi connectivity index (χ3n) is 5.88. The molecule has 0 saturated heterocycles. The van der Waals surface area contributed by atoms with Crippen LogP contribution in [0.3, 0.4) is 0 Å². The molecule has 0 radical (unpaired) electrons. The van der Waals surface area contributed by atoms with Crippen molar-refractivity contribution >= 4 is 11.0 Å². The van der Waals surface area contributed by atoms with Gasteiger partial charge in [0.2, 0.25) is 5.43 Å². The lowest BCUT2D eigenvalue weighted by molar-refractivity contribution is 0.447. The van der Waals surface area contributed by atoms with E-state index in [1.54, 1.807) is 6.07 Å². The Morgan fingerprint density at radius 2 is 1.29 bits per heavy atom. The highest BCUT2D eigenvalue weighted by atomic mass is 16.3. The van der Waals surface area contributed by atoms with E-state index in [2.05, 4.69) is 0 Å². The Kier molecular flexibility index (Phi) is 7.90. The number of fused-ring (bicyclic) bond motifs is 1. The van der Waals surface area contributed by atoms with E-state index >= 15 is 0 Å². The molecule has 1 aromatic heterocycles. The molecule has 0 fully saturated rings. The quantitative estimate of drug-likeness (QED) is 0.318. The molecule has 3 aromatic rings. The molecule has 0 saturated carbocycles. The Labute approximate surface area is 206 Å². The molecule has 0 aliphatic rings. The molecular weight excluding hydrogens is 440 g/mol. The number of benzene rings is 2. The van der Waals surface area contributed by atoms with Crippen molar-refractivity contribution in [1.82, 2.24) is 0 Å². The molecule has 184 valence electrons. The molecular formula is C30H34O5. The molecule has 0 aliphatic carbocycles. The minimum absolute atomic E-state index is 0.0320. The van der Waals surface area contributed by atoms with Crippen LogP contribution < -0.4 is 5.43 Å². The minimum Gasteiger partial charge on any atom is -0.508 e. The van der Waals surface area contributed by atoms with E-state index in [9.17, 15) is 20.1 Å². The summed E-state index contributed by atoms with van der Waals surface area (Å²) in [4.78, 5) is 13.7. The Morgan fingerprint density at radius 3 is 1.89 bits per heavy atom. The van der Waals surface area contributed by atoms with Gasteiger partial charge in [0.05, 0.1) is 5.56 Å². The Hall–Kier alpha value is -3.73. The number of hydrogen-bond acceptors (Lipinski definition) is 5. The Morgan fingerprint density at radius 1 is 0.714 bits per heavy atom. The fourth-order valence-electron chi connectivity index (χ4n) is 3.90. The van der Waals surface area contributed by atoms with Gasteiger partial charge in [0.15, 0.2) is 0 Å². The van der Waals surface area contributed by atoms with Crippen molar-refractivity contribution in [3.63, 3.8) is 0 Å². The van der Waals surface area contributed by atoms with Crippen LogP contribution in [0.2, 0.25) is 0 Å². The van der Waals surface area contributed by atoms with Crippen LogP contribution in [0.25, 0.3) is 22.1 Å². The molecule has 0 spiro atoms. The van der Waals surface area contributed by atoms with Crippen molar-refractivity contribution in [2.75, 3.05) is 0 Å². The highest BCUT2D eigenvalue weighted by Crippen LogP contribution is 2.37. The van der Waals surface area contributed by atoms with Gasteiger partial charge >= 0.3 is 0 Å². The van der Waals surface area contributed by atoms with Crippen molar-refractivity contribution in [2.45, 2.75) is 60.8 Å². The third kappa shape index (κ3) is 5.86. The highest BCUT2D eigenvalue weighted by molar-refractivity contribution is 5.91. The summed E-state index contributed by atoms with van der Waals surface area (Å²) in [5.74, 6) is -0.282. The predicted octanol–water partition coefficient (Wildman–Crippen LogP) is 7.10. The second-order valence-corrected chi connectivity index (χ2v) is 9.67. The fraction of sp³-hybridized carbons (Fsp3) is 0.300. The average Bonchev–Trinajstić information content (AvgIpc) is 2.76. The first kappa shape index (κ1) is 25.9. The maximum absolute atomic E-state index is 13.7. The summed E-state index contributed by atoms with van der Waals surface area (Å²) in [7, 11) is 0. The maximum Gasteiger partial charge on any atom is 0.204 e. The van der Waals surface area contributed by atoms with Crippen molar-refractivity contribution < 1.29 is 19.7 Å². The summed E-state index contributed by atoms with van der Waals surface area (Å²) in [6, 6.07) is 4.71. The van der Waals surface area contributed by atoms with E-state index in [1.165, 1.54) is 12.3 Å². The summed E-state index contributed by atoms with van der Waals surface area (Å²) in [5.41, 5.74) is 5.94. The zero-order valence-corrected chi connectivity index (χ0v) is 21.3. The molecule has 3 N–H and O–H groups in total. The Bertz CT molecular complexity index is 1410. The average molecular weight is 475 g/mol. The molecule has 5 nitrogen and oxygen atoms in total. The van der Waals surface area contributed by atoms with Gasteiger partial charge in [-0.05, 0) is 89.6 Å². The predicted molar refractivity (Wildman–Crippen MR) is 142 cm³/mol. The van der Waals surface area contributed by atoms with E-state index in [0.29, 0.717) is 41.5 Å². The van der Waals surface area contributed by atoms with Crippen LogP contribution in [0.15, 0.2) is 68.6 Å². The molecule has 35 heavy (non-hydrogen) atoms. The van der Waals surface area contributed by atoms with Gasteiger partial charge < -0.3 is 19.7 Å². The Balaban J connectivity index is 2.31. The number of allylic oxidation sites excluding steroid dienone is 6. The zero-order chi connectivity index (χ0) is 25.9. The first-order valence-corrected chi connectivity index (χ1v) is 11.7. The summed E-state index contributed by atoms with van der Waals surface area (Å²) in [6.45, 7) is 11.9. The maximum atomic E-state index is 13.7. The van der Waals surface area contributed by atoms with Gasteiger partial charge in [0.1, 0.15) is 34.5 Å². The molecule has 1 heterocycles. The smallest absolute Gasteiger partial charge is 0.204 e. The summed E-state index contributed by atoms with van der Waals surface area (Å²) in [5, 5.41) is 31.7. The van der Waals surface area contributed by atoms with Crippen LogP contribution in [-0.4, -0.2) is 15.3 Å². The monoisotopic (exact) mass is 474 g/mol. The van der Waals surface area contributed by atoms with Gasteiger partial charge in [-0.3, -0.25) is 4.79 Å². The highest BCUT2D eigenvalue weighted by Gasteiger charge is 2.21. The third-order valence-corrected chi connectivity index (χ3v) is 5.88. The lowest BCUT2D eigenvalue weighted by Crippen LogP contribution is -2.08. The van der Waals surface area contributed by atoms with E-state index in [4.69, 9.17) is 4.42 Å². The van der Waals surface area contributed by atoms with Gasteiger partial charge in [-0.25, -0.2) is 0 Å². The second kappa shape index (κ2) is 10.7. The van der Waals surface area contributed by atoms with Crippen LogP contribution in [0, 0.1) is 0 Å². The molecule has 0 amide bonds. The van der Waals surface area contributed by atoms with Crippen LogP contribution >= 0.6 is 0 Å². The van der Waals surface area contributed by atoms with E-state index < -0.39 is 0 Å². The second-order valence-electron chi connectivity index (χ2n) is 9.67. The number of hydrogen-bond donors (Lipinski definition) is 3. The van der Waals surface area contributed by atoms with Gasteiger partial charge in [0.25, 0.3) is 0 Å². The molecule has 5 heteroatoms. The van der Waals surface area contributed by atoms with E-state index in [0.717, 1.165) is 22.3 Å². The molecule has 2 aromatic carbocycles. The zero-order valence-electron chi connectivity index (χ0n) is 21.3. The molecule has 0 aliphatic heterocycles. The summed E-state index contributed by atoms with van der Waals surface area (Å²) >= 11 is 0. The minimum atomic E-state index is -0.389. The van der Waals surface area contributed by atoms with E-state index in [1.807, 2.05) is 65.8 Å². The number of phenolic OH excluding ortho intramolecular Hbond substituents is 3. The summed E-state index contributed by atoms with van der Waals surface area (Å²) in [6.07, 6.45) is 8.77. The molecule has 0 bridgehead atoms. The van der Waals surface area contributed by atoms with Crippen molar-refractivity contribution in [3.8, 4) is 28.4 Å². The van der Waals surface area contributed by atoms with Gasteiger partial charge in [0, 0.05) is 11.6 Å². The molecule has 0 unspecified atom stereocenters. The van der Waals surface area contributed by atoms with Gasteiger partial charge in [-0.2, -0.15) is 0 Å². The lowest BCUT2D eigenvalue weighted by atomic mass is 9.92. The van der Waals surface area contributed by atoms with Crippen molar-refractivity contribution in [1.29, 1.82) is 0 Å². The topological polar surface area (TPSA) is 90.9 Å². The normalized spacial score (nSPS) is 10.8. The van der Waals surface area contributed by atoms with Gasteiger partial charge in [-0.1, -0.05) is 34.9 Å². The standard InChI is InChI=1S/C30H34O5/c1-17(2)7-10-20-14-25(31)21(11-8-18(3)4)13-23(20)24-16-35-30-22(12-9-19(5)6)26(32)15-27(33)28(30)29(24)34/h7-9,13-16,31-33H,10-12H2,1-6H3. The number of rotatable bonds is 7. The van der Waals surface area contributed by atoms with Crippen molar-refractivity contribution in [3.05, 3.63) is 86.3 Å². The summed E-state index contributed by atoms with van der Waals surface area (Å²) < 4.78 is 5.91. The largest absolute Gasteiger partial charge is 0.508 e. The molecule has 3 rings (SSSR count). The lowest BCUT2D eigenvalue weighted by Gasteiger charge is -2.14. The number of phenols is 3. The van der Waals surface area contributed by atoms with Crippen molar-refractivity contribution in [2.24, 2.45) is 0 Å². The fourth-order valence-corrected chi connectivity index (χ4v) is 3.90. The van der Waals surface area contributed by atoms with E-state index in [-0.39, 0.29) is 33.6 Å². The number of aromatic hydroxyl groups is 3. The first-order chi connectivity index (χ1) is 16.5. The van der Waals surface area contributed by atoms with Crippen LogP contribution in [0.5, 0.6) is 17.2 Å².